The highest BCUT2D eigenvalue weighted by molar-refractivity contribution is 5.89. The Bertz CT molecular complexity index is 217. The minimum Gasteiger partial charge on any atom is -0.409 e. The molecule has 0 aromatic heterocycles. The molecule has 1 amide bonds. The van der Waals surface area contributed by atoms with Gasteiger partial charge in [-0.15, -0.1) is 0 Å². The van der Waals surface area contributed by atoms with Gasteiger partial charge in [-0.3, -0.25) is 4.79 Å². The van der Waals surface area contributed by atoms with Gasteiger partial charge >= 0.3 is 0 Å². The summed E-state index contributed by atoms with van der Waals surface area (Å²) in [5.41, 5.74) is 5.47. The Kier molecular flexibility index (Phi) is 7.40. The van der Waals surface area contributed by atoms with E-state index in [9.17, 15) is 4.79 Å². The Morgan fingerprint density at radius 2 is 2.13 bits per heavy atom. The number of carbonyl (C=O) groups excluding carboxylic acids is 1. The second-order valence-electron chi connectivity index (χ2n) is 3.54. The summed E-state index contributed by atoms with van der Waals surface area (Å²) < 4.78 is 0. The van der Waals surface area contributed by atoms with Crippen LogP contribution in [0.25, 0.3) is 0 Å². The Labute approximate surface area is 90.7 Å². The van der Waals surface area contributed by atoms with Crippen molar-refractivity contribution in [2.24, 2.45) is 10.9 Å². The molecule has 0 fully saturated rings. The van der Waals surface area contributed by atoms with Gasteiger partial charge in [-0.25, -0.2) is 0 Å². The van der Waals surface area contributed by atoms with Crippen LogP contribution in [0.2, 0.25) is 0 Å². The first-order chi connectivity index (χ1) is 7.15. The number of hydrogen-bond donors (Lipinski definition) is 3. The van der Waals surface area contributed by atoms with Gasteiger partial charge in [0.1, 0.15) is 0 Å². The molecular formula is C10H21N3O2. The van der Waals surface area contributed by atoms with E-state index in [-0.39, 0.29) is 17.8 Å². The smallest absolute Gasteiger partial charge is 0.220 e. The maximum absolute atomic E-state index is 11.4. The van der Waals surface area contributed by atoms with Gasteiger partial charge < -0.3 is 16.3 Å². The molecule has 4 N–H and O–H groups in total. The summed E-state index contributed by atoms with van der Waals surface area (Å²) in [6, 6.07) is -0.343. The van der Waals surface area contributed by atoms with Gasteiger partial charge in [0.15, 0.2) is 5.84 Å². The molecule has 0 aromatic carbocycles. The normalized spacial score (nSPS) is 13.6. The van der Waals surface area contributed by atoms with E-state index in [1.807, 2.05) is 13.8 Å². The molecule has 0 aliphatic carbocycles. The highest BCUT2D eigenvalue weighted by atomic mass is 16.4. The van der Waals surface area contributed by atoms with Gasteiger partial charge in [0, 0.05) is 6.42 Å². The Hall–Kier alpha value is -1.26. The van der Waals surface area contributed by atoms with Gasteiger partial charge in [0.25, 0.3) is 0 Å². The number of nitrogens with zero attached hydrogens (tertiary/aromatic N) is 1. The van der Waals surface area contributed by atoms with Crippen LogP contribution >= 0.6 is 0 Å². The van der Waals surface area contributed by atoms with Gasteiger partial charge in [0.05, 0.1) is 6.04 Å². The molecule has 1 atom stereocenters. The molecule has 0 spiro atoms. The minimum atomic E-state index is -0.343. The number of rotatable bonds is 7. The van der Waals surface area contributed by atoms with Crippen molar-refractivity contribution in [3.63, 3.8) is 0 Å². The van der Waals surface area contributed by atoms with Crippen LogP contribution in [-0.4, -0.2) is 23.0 Å². The first kappa shape index (κ1) is 13.7. The van der Waals surface area contributed by atoms with E-state index in [0.29, 0.717) is 12.8 Å². The maximum Gasteiger partial charge on any atom is 0.220 e. The summed E-state index contributed by atoms with van der Waals surface area (Å²) in [7, 11) is 0. The molecule has 5 heteroatoms. The van der Waals surface area contributed by atoms with Crippen LogP contribution in [0.4, 0.5) is 0 Å². The third-order valence-corrected chi connectivity index (χ3v) is 2.14. The number of amidine groups is 1. The second-order valence-corrected chi connectivity index (χ2v) is 3.54. The van der Waals surface area contributed by atoms with E-state index < -0.39 is 0 Å². The summed E-state index contributed by atoms with van der Waals surface area (Å²) in [6.07, 6.45) is 3.90. The molecule has 0 saturated heterocycles. The molecule has 0 rings (SSSR count). The van der Waals surface area contributed by atoms with Crippen LogP contribution in [0.15, 0.2) is 5.16 Å². The van der Waals surface area contributed by atoms with E-state index >= 15 is 0 Å². The predicted molar refractivity (Wildman–Crippen MR) is 59.8 cm³/mol. The highest BCUT2D eigenvalue weighted by Gasteiger charge is 2.15. The van der Waals surface area contributed by atoms with E-state index in [1.165, 1.54) is 0 Å². The molecule has 1 unspecified atom stereocenters. The van der Waals surface area contributed by atoms with Crippen molar-refractivity contribution in [1.82, 2.24) is 5.32 Å². The van der Waals surface area contributed by atoms with E-state index in [0.717, 1.165) is 19.3 Å². The topological polar surface area (TPSA) is 87.7 Å². The second kappa shape index (κ2) is 8.08. The quantitative estimate of drug-likeness (QED) is 0.258. The third-order valence-electron chi connectivity index (χ3n) is 2.14. The van der Waals surface area contributed by atoms with E-state index in [1.54, 1.807) is 0 Å². The zero-order chi connectivity index (χ0) is 11.7. The molecule has 0 heterocycles. The molecule has 0 aliphatic rings. The third kappa shape index (κ3) is 5.93. The van der Waals surface area contributed by atoms with Crippen molar-refractivity contribution in [2.75, 3.05) is 0 Å². The highest BCUT2D eigenvalue weighted by Crippen LogP contribution is 1.99. The summed E-state index contributed by atoms with van der Waals surface area (Å²) in [5.74, 6) is 0.0311. The number of nitrogens with one attached hydrogen (secondary N) is 1. The zero-order valence-electron chi connectivity index (χ0n) is 9.49. The molecule has 0 bridgehead atoms. The van der Waals surface area contributed by atoms with Crippen molar-refractivity contribution in [3.8, 4) is 0 Å². The number of unbranched alkanes of at least 4 members (excludes halogenated alkanes) is 1. The maximum atomic E-state index is 11.4. The largest absolute Gasteiger partial charge is 0.409 e. The minimum absolute atomic E-state index is 0.0399. The van der Waals surface area contributed by atoms with Crippen LogP contribution in [0.3, 0.4) is 0 Å². The lowest BCUT2D eigenvalue weighted by molar-refractivity contribution is -0.121. The standard InChI is InChI=1S/C10H21N3O2/c1-3-5-7-9(14)12-8(6-4-2)10(11)13-15/h8,15H,3-7H2,1-2H3,(H2,11,13)(H,12,14). The van der Waals surface area contributed by atoms with Crippen LogP contribution in [-0.2, 0) is 4.79 Å². The van der Waals surface area contributed by atoms with Gasteiger partial charge in [-0.2, -0.15) is 0 Å². The lowest BCUT2D eigenvalue weighted by atomic mass is 10.1. The molecule has 5 nitrogen and oxygen atoms in total. The number of hydrogen-bond acceptors (Lipinski definition) is 3. The first-order valence-corrected chi connectivity index (χ1v) is 5.42. The average Bonchev–Trinajstić information content (AvgIpc) is 2.24. The fourth-order valence-corrected chi connectivity index (χ4v) is 1.26. The van der Waals surface area contributed by atoms with E-state index in [2.05, 4.69) is 10.5 Å². The first-order valence-electron chi connectivity index (χ1n) is 5.42. The molecule has 0 aromatic rings. The number of nitrogens with two attached hydrogens (primary N) is 1. The monoisotopic (exact) mass is 215 g/mol. The fourth-order valence-electron chi connectivity index (χ4n) is 1.26. The molecular weight excluding hydrogens is 194 g/mol. The van der Waals surface area contributed by atoms with Crippen molar-refractivity contribution in [1.29, 1.82) is 0 Å². The van der Waals surface area contributed by atoms with Crippen molar-refractivity contribution >= 4 is 11.7 Å². The molecule has 0 aliphatic heterocycles. The zero-order valence-corrected chi connectivity index (χ0v) is 9.49. The Morgan fingerprint density at radius 1 is 1.47 bits per heavy atom. The molecule has 0 radical (unpaired) electrons. The lowest BCUT2D eigenvalue weighted by Crippen LogP contribution is -2.44. The van der Waals surface area contributed by atoms with Crippen LogP contribution in [0.1, 0.15) is 46.0 Å². The van der Waals surface area contributed by atoms with Gasteiger partial charge in [-0.1, -0.05) is 31.8 Å². The number of amides is 1. The van der Waals surface area contributed by atoms with Crippen LogP contribution in [0.5, 0.6) is 0 Å². The van der Waals surface area contributed by atoms with Gasteiger partial charge in [-0.05, 0) is 12.8 Å². The van der Waals surface area contributed by atoms with Crippen LogP contribution in [0, 0.1) is 0 Å². The predicted octanol–water partition coefficient (Wildman–Crippen LogP) is 1.21. The van der Waals surface area contributed by atoms with Crippen molar-refractivity contribution in [3.05, 3.63) is 0 Å². The molecule has 0 saturated carbocycles. The molecule has 88 valence electrons. The molecule has 15 heavy (non-hydrogen) atoms. The summed E-state index contributed by atoms with van der Waals surface area (Å²) in [4.78, 5) is 11.4. The lowest BCUT2D eigenvalue weighted by Gasteiger charge is -2.16. The van der Waals surface area contributed by atoms with Crippen LogP contribution < -0.4 is 11.1 Å². The van der Waals surface area contributed by atoms with Gasteiger partial charge in [0.2, 0.25) is 5.91 Å². The van der Waals surface area contributed by atoms with Crippen molar-refractivity contribution < 1.29 is 10.0 Å². The summed E-state index contributed by atoms with van der Waals surface area (Å²) in [5, 5.41) is 14.2. The average molecular weight is 215 g/mol. The Morgan fingerprint density at radius 3 is 2.60 bits per heavy atom. The van der Waals surface area contributed by atoms with Crippen molar-refractivity contribution in [2.45, 2.75) is 52.0 Å². The number of carbonyl (C=O) groups is 1. The summed E-state index contributed by atoms with van der Waals surface area (Å²) in [6.45, 7) is 4.01. The Balaban J connectivity index is 4.10. The SMILES string of the molecule is CCCCC(=O)NC(CCC)/C(N)=N/O. The summed E-state index contributed by atoms with van der Waals surface area (Å²) >= 11 is 0. The van der Waals surface area contributed by atoms with E-state index in [4.69, 9.17) is 10.9 Å². The fraction of sp³-hybridized carbons (Fsp3) is 0.800. The number of oxime groups is 1.